The fraction of sp³-hybridized carbons (Fsp3) is 0.368. The van der Waals surface area contributed by atoms with Gasteiger partial charge in [-0.1, -0.05) is 42.5 Å². The van der Waals surface area contributed by atoms with Crippen molar-refractivity contribution in [3.8, 4) is 0 Å². The Bertz CT molecular complexity index is 644. The van der Waals surface area contributed by atoms with Crippen LogP contribution in [0, 0.1) is 5.92 Å². The monoisotopic (exact) mass is 264 g/mol. The van der Waals surface area contributed by atoms with Crippen LogP contribution in [0.4, 0.5) is 0 Å². The van der Waals surface area contributed by atoms with E-state index in [9.17, 15) is 5.11 Å². The highest BCUT2D eigenvalue weighted by Gasteiger charge is 2.30. The van der Waals surface area contributed by atoms with Gasteiger partial charge in [-0.25, -0.2) is 0 Å². The highest BCUT2D eigenvalue weighted by molar-refractivity contribution is 5.38. The van der Waals surface area contributed by atoms with Gasteiger partial charge in [-0.3, -0.25) is 0 Å². The molecule has 2 aromatic rings. The Balaban J connectivity index is 1.56. The predicted molar refractivity (Wildman–Crippen MR) is 80.8 cm³/mol. The average Bonchev–Trinajstić information content (AvgIpc) is 3.05. The van der Waals surface area contributed by atoms with E-state index in [-0.39, 0.29) is 6.10 Å². The van der Waals surface area contributed by atoms with Crippen molar-refractivity contribution in [2.45, 2.75) is 38.2 Å². The Morgan fingerprint density at radius 1 is 0.950 bits per heavy atom. The van der Waals surface area contributed by atoms with Crippen LogP contribution in [0.2, 0.25) is 0 Å². The second-order valence-electron chi connectivity index (χ2n) is 6.27. The number of aryl methyl sites for hydroxylation is 2. The first-order valence-electron chi connectivity index (χ1n) is 7.68. The van der Waals surface area contributed by atoms with E-state index in [2.05, 4.69) is 36.4 Å². The standard InChI is InChI=1S/C19H20O/c20-19-17(12-16-4-1-2-7-18(16)19)11-13-8-9-14-5-3-6-15(14)10-13/h1-2,4,7-10,17,19-20H,3,5-6,11-12H2. The molecule has 0 heterocycles. The van der Waals surface area contributed by atoms with Crippen LogP contribution in [0.3, 0.4) is 0 Å². The van der Waals surface area contributed by atoms with E-state index in [0.29, 0.717) is 5.92 Å². The summed E-state index contributed by atoms with van der Waals surface area (Å²) < 4.78 is 0. The lowest BCUT2D eigenvalue weighted by atomic mass is 9.93. The number of aliphatic hydroxyl groups is 1. The summed E-state index contributed by atoms with van der Waals surface area (Å²) in [6.45, 7) is 0. The first-order valence-corrected chi connectivity index (χ1v) is 7.68. The minimum absolute atomic E-state index is 0.292. The van der Waals surface area contributed by atoms with Crippen LogP contribution in [0.5, 0.6) is 0 Å². The van der Waals surface area contributed by atoms with Gasteiger partial charge in [0.05, 0.1) is 6.10 Å². The topological polar surface area (TPSA) is 20.2 Å². The Hall–Kier alpha value is -1.60. The van der Waals surface area contributed by atoms with E-state index < -0.39 is 0 Å². The fourth-order valence-electron chi connectivity index (χ4n) is 3.90. The molecule has 0 fully saturated rings. The number of fused-ring (bicyclic) bond motifs is 2. The molecular formula is C19H20O. The Labute approximate surface area is 120 Å². The largest absolute Gasteiger partial charge is 0.388 e. The molecule has 0 amide bonds. The minimum atomic E-state index is -0.292. The van der Waals surface area contributed by atoms with Crippen LogP contribution in [0.15, 0.2) is 42.5 Å². The normalized spacial score (nSPS) is 23.6. The SMILES string of the molecule is OC1c2ccccc2CC1Cc1ccc2c(c1)CCC2. The Morgan fingerprint density at radius 2 is 1.80 bits per heavy atom. The highest BCUT2D eigenvalue weighted by Crippen LogP contribution is 2.38. The molecule has 0 radical (unpaired) electrons. The van der Waals surface area contributed by atoms with Crippen molar-refractivity contribution < 1.29 is 5.11 Å². The Kier molecular flexibility index (Phi) is 2.89. The van der Waals surface area contributed by atoms with E-state index >= 15 is 0 Å². The molecule has 0 aromatic heterocycles. The summed E-state index contributed by atoms with van der Waals surface area (Å²) in [6.07, 6.45) is 5.48. The molecule has 0 saturated heterocycles. The number of hydrogen-bond donors (Lipinski definition) is 1. The lowest BCUT2D eigenvalue weighted by Crippen LogP contribution is -2.10. The molecule has 0 bridgehead atoms. The molecule has 1 nitrogen and oxygen atoms in total. The van der Waals surface area contributed by atoms with Crippen LogP contribution in [-0.2, 0) is 25.7 Å². The zero-order valence-corrected chi connectivity index (χ0v) is 11.7. The molecule has 20 heavy (non-hydrogen) atoms. The minimum Gasteiger partial charge on any atom is -0.388 e. The van der Waals surface area contributed by atoms with Gasteiger partial charge < -0.3 is 5.11 Å². The summed E-state index contributed by atoms with van der Waals surface area (Å²) in [5.74, 6) is 0.340. The summed E-state index contributed by atoms with van der Waals surface area (Å²) >= 11 is 0. The number of benzene rings is 2. The average molecular weight is 264 g/mol. The molecule has 1 N–H and O–H groups in total. The molecule has 2 aromatic carbocycles. The van der Waals surface area contributed by atoms with Crippen molar-refractivity contribution in [2.24, 2.45) is 5.92 Å². The van der Waals surface area contributed by atoms with Crippen molar-refractivity contribution >= 4 is 0 Å². The van der Waals surface area contributed by atoms with Gasteiger partial charge in [0, 0.05) is 0 Å². The van der Waals surface area contributed by atoms with Gasteiger partial charge >= 0.3 is 0 Å². The van der Waals surface area contributed by atoms with E-state index in [4.69, 9.17) is 0 Å². The van der Waals surface area contributed by atoms with Crippen molar-refractivity contribution in [3.63, 3.8) is 0 Å². The zero-order chi connectivity index (χ0) is 13.5. The molecule has 1 heteroatoms. The van der Waals surface area contributed by atoms with Gasteiger partial charge in [0.1, 0.15) is 0 Å². The van der Waals surface area contributed by atoms with Crippen LogP contribution >= 0.6 is 0 Å². The van der Waals surface area contributed by atoms with Gasteiger partial charge in [0.2, 0.25) is 0 Å². The number of rotatable bonds is 2. The van der Waals surface area contributed by atoms with Crippen molar-refractivity contribution in [1.29, 1.82) is 0 Å². The lowest BCUT2D eigenvalue weighted by molar-refractivity contribution is 0.123. The molecule has 2 unspecified atom stereocenters. The predicted octanol–water partition coefficient (Wildman–Crippen LogP) is 3.62. The van der Waals surface area contributed by atoms with Crippen molar-refractivity contribution in [3.05, 3.63) is 70.3 Å². The van der Waals surface area contributed by atoms with Crippen LogP contribution < -0.4 is 0 Å². The maximum absolute atomic E-state index is 10.5. The van der Waals surface area contributed by atoms with Crippen LogP contribution in [0.1, 0.15) is 40.3 Å². The third kappa shape index (κ3) is 1.97. The summed E-state index contributed by atoms with van der Waals surface area (Å²) in [6, 6.07) is 15.3. The van der Waals surface area contributed by atoms with Gasteiger partial charge in [-0.2, -0.15) is 0 Å². The lowest BCUT2D eigenvalue weighted by Gasteiger charge is -2.15. The number of hydrogen-bond acceptors (Lipinski definition) is 1. The molecule has 2 atom stereocenters. The molecule has 0 aliphatic heterocycles. The van der Waals surface area contributed by atoms with Gasteiger partial charge in [-0.05, 0) is 65.8 Å². The highest BCUT2D eigenvalue weighted by atomic mass is 16.3. The third-order valence-electron chi connectivity index (χ3n) is 4.96. The second-order valence-corrected chi connectivity index (χ2v) is 6.27. The Morgan fingerprint density at radius 3 is 2.70 bits per heavy atom. The maximum Gasteiger partial charge on any atom is 0.0827 e. The maximum atomic E-state index is 10.5. The molecule has 2 aliphatic rings. The molecule has 2 aliphatic carbocycles. The van der Waals surface area contributed by atoms with Gasteiger partial charge in [-0.15, -0.1) is 0 Å². The summed E-state index contributed by atoms with van der Waals surface area (Å²) in [5.41, 5.74) is 6.92. The zero-order valence-electron chi connectivity index (χ0n) is 11.7. The quantitative estimate of drug-likeness (QED) is 0.878. The second kappa shape index (κ2) is 4.75. The van der Waals surface area contributed by atoms with E-state index in [1.807, 2.05) is 6.07 Å². The summed E-state index contributed by atoms with van der Waals surface area (Å²) in [5, 5.41) is 10.5. The first-order chi connectivity index (χ1) is 9.81. The van der Waals surface area contributed by atoms with Crippen LogP contribution in [-0.4, -0.2) is 5.11 Å². The molecule has 0 saturated carbocycles. The summed E-state index contributed by atoms with van der Waals surface area (Å²) in [4.78, 5) is 0. The van der Waals surface area contributed by atoms with E-state index in [0.717, 1.165) is 18.4 Å². The van der Waals surface area contributed by atoms with Gasteiger partial charge in [0.25, 0.3) is 0 Å². The smallest absolute Gasteiger partial charge is 0.0827 e. The van der Waals surface area contributed by atoms with Crippen molar-refractivity contribution in [1.82, 2.24) is 0 Å². The number of aliphatic hydroxyl groups excluding tert-OH is 1. The molecule has 0 spiro atoms. The first kappa shape index (κ1) is 12.2. The fourth-order valence-corrected chi connectivity index (χ4v) is 3.90. The third-order valence-corrected chi connectivity index (χ3v) is 4.96. The van der Waals surface area contributed by atoms with Gasteiger partial charge in [0.15, 0.2) is 0 Å². The van der Waals surface area contributed by atoms with E-state index in [1.54, 1.807) is 0 Å². The molecule has 4 rings (SSSR count). The van der Waals surface area contributed by atoms with E-state index in [1.165, 1.54) is 41.5 Å². The summed E-state index contributed by atoms with van der Waals surface area (Å²) in [7, 11) is 0. The molecular weight excluding hydrogens is 244 g/mol. The van der Waals surface area contributed by atoms with Crippen LogP contribution in [0.25, 0.3) is 0 Å². The molecule has 102 valence electrons. The van der Waals surface area contributed by atoms with Crippen molar-refractivity contribution in [2.75, 3.05) is 0 Å².